The molecule has 94 valence electrons. The van der Waals surface area contributed by atoms with Gasteiger partial charge in [0.05, 0.1) is 16.9 Å². The molecule has 0 atom stereocenters. The van der Waals surface area contributed by atoms with Crippen molar-refractivity contribution in [2.75, 3.05) is 18.0 Å². The molecule has 0 saturated carbocycles. The van der Waals surface area contributed by atoms with Crippen LogP contribution in [0.3, 0.4) is 0 Å². The molecule has 1 aromatic rings. The van der Waals surface area contributed by atoms with Gasteiger partial charge in [-0.15, -0.1) is 0 Å². The molecule has 0 bridgehead atoms. The molecule has 2 nitrogen and oxygen atoms in total. The first kappa shape index (κ1) is 12.7. The molecular formula is C11H11BrF3NO. The first-order valence-electron chi connectivity index (χ1n) is 5.03. The first-order valence-corrected chi connectivity index (χ1v) is 5.82. The Morgan fingerprint density at radius 3 is 2.41 bits per heavy atom. The molecule has 1 heterocycles. The molecule has 1 aliphatic rings. The van der Waals surface area contributed by atoms with Crippen LogP contribution in [0.5, 0.6) is 0 Å². The number of aliphatic hydroxyl groups is 1. The summed E-state index contributed by atoms with van der Waals surface area (Å²) in [6.45, 7) is 2.04. The minimum Gasteiger partial charge on any atom is -0.386 e. The van der Waals surface area contributed by atoms with E-state index in [4.69, 9.17) is 0 Å². The van der Waals surface area contributed by atoms with E-state index in [1.54, 1.807) is 6.92 Å². The zero-order valence-electron chi connectivity index (χ0n) is 9.05. The van der Waals surface area contributed by atoms with Crippen molar-refractivity contribution < 1.29 is 18.3 Å². The van der Waals surface area contributed by atoms with Gasteiger partial charge in [-0.2, -0.15) is 13.2 Å². The lowest BCUT2D eigenvalue weighted by Crippen LogP contribution is -2.60. The van der Waals surface area contributed by atoms with Gasteiger partial charge < -0.3 is 10.0 Å². The second-order valence-corrected chi connectivity index (χ2v) is 5.43. The molecule has 17 heavy (non-hydrogen) atoms. The van der Waals surface area contributed by atoms with Crippen LogP contribution in [0.1, 0.15) is 12.5 Å². The standard InChI is InChI=1S/C11H11BrF3NO/c1-10(17)5-16(6-10)9-4-7(12)2-3-8(9)11(13,14)15/h2-4,17H,5-6H2,1H3. The fraction of sp³-hybridized carbons (Fsp3) is 0.455. The zero-order valence-corrected chi connectivity index (χ0v) is 10.6. The Bertz CT molecular complexity index is 437. The quantitative estimate of drug-likeness (QED) is 0.862. The van der Waals surface area contributed by atoms with Gasteiger partial charge >= 0.3 is 6.18 Å². The Morgan fingerprint density at radius 2 is 1.94 bits per heavy atom. The maximum absolute atomic E-state index is 12.8. The van der Waals surface area contributed by atoms with E-state index in [1.807, 2.05) is 0 Å². The second kappa shape index (κ2) is 3.88. The monoisotopic (exact) mass is 309 g/mol. The van der Waals surface area contributed by atoms with Crippen LogP contribution in [0.2, 0.25) is 0 Å². The topological polar surface area (TPSA) is 23.5 Å². The normalized spacial score (nSPS) is 19.1. The summed E-state index contributed by atoms with van der Waals surface area (Å²) < 4.78 is 39.0. The van der Waals surface area contributed by atoms with Gasteiger partial charge in [-0.05, 0) is 25.1 Å². The van der Waals surface area contributed by atoms with E-state index in [2.05, 4.69) is 15.9 Å². The molecule has 0 aliphatic carbocycles. The van der Waals surface area contributed by atoms with Gasteiger partial charge in [-0.3, -0.25) is 0 Å². The van der Waals surface area contributed by atoms with Crippen molar-refractivity contribution in [3.05, 3.63) is 28.2 Å². The largest absolute Gasteiger partial charge is 0.418 e. The molecule has 1 fully saturated rings. The molecular weight excluding hydrogens is 299 g/mol. The lowest BCUT2D eigenvalue weighted by atomic mass is 9.95. The molecule has 2 rings (SSSR count). The third-order valence-corrected chi connectivity index (χ3v) is 3.16. The van der Waals surface area contributed by atoms with Crippen LogP contribution < -0.4 is 4.90 Å². The van der Waals surface area contributed by atoms with E-state index in [1.165, 1.54) is 17.0 Å². The third-order valence-electron chi connectivity index (χ3n) is 2.67. The maximum Gasteiger partial charge on any atom is 0.418 e. The summed E-state index contributed by atoms with van der Waals surface area (Å²) in [5.74, 6) is 0. The SMILES string of the molecule is CC1(O)CN(c2cc(Br)ccc2C(F)(F)F)C1. The number of benzene rings is 1. The second-order valence-electron chi connectivity index (χ2n) is 4.51. The first-order chi connectivity index (χ1) is 7.69. The lowest BCUT2D eigenvalue weighted by Gasteiger charge is -2.46. The highest BCUT2D eigenvalue weighted by molar-refractivity contribution is 9.10. The van der Waals surface area contributed by atoms with E-state index in [0.717, 1.165) is 6.07 Å². The van der Waals surface area contributed by atoms with Gasteiger partial charge in [0.1, 0.15) is 0 Å². The predicted octanol–water partition coefficient (Wildman–Crippen LogP) is 3.04. The number of nitrogens with zero attached hydrogens (tertiary/aromatic N) is 1. The molecule has 1 saturated heterocycles. The Balaban J connectivity index is 2.36. The van der Waals surface area contributed by atoms with Crippen molar-refractivity contribution in [3.63, 3.8) is 0 Å². The van der Waals surface area contributed by atoms with Gasteiger partial charge in [0, 0.05) is 17.6 Å². The van der Waals surface area contributed by atoms with Gasteiger partial charge in [0.25, 0.3) is 0 Å². The Labute approximate surface area is 105 Å². The van der Waals surface area contributed by atoms with Gasteiger partial charge in [0.15, 0.2) is 0 Å². The smallest absolute Gasteiger partial charge is 0.386 e. The molecule has 1 aromatic carbocycles. The number of alkyl halides is 3. The Hall–Kier alpha value is -0.750. The highest BCUT2D eigenvalue weighted by Crippen LogP contribution is 2.40. The van der Waals surface area contributed by atoms with E-state index >= 15 is 0 Å². The van der Waals surface area contributed by atoms with Crippen molar-refractivity contribution in [2.45, 2.75) is 18.7 Å². The van der Waals surface area contributed by atoms with Crippen molar-refractivity contribution in [3.8, 4) is 0 Å². The summed E-state index contributed by atoms with van der Waals surface area (Å²) in [6, 6.07) is 3.84. The van der Waals surface area contributed by atoms with Gasteiger partial charge in [-0.1, -0.05) is 15.9 Å². The number of β-amino-alcohol motifs (C(OH)–C–C–N with tert-alkyl or cyclic N) is 1. The van der Waals surface area contributed by atoms with Crippen LogP contribution in [-0.2, 0) is 6.18 Å². The van der Waals surface area contributed by atoms with E-state index in [-0.39, 0.29) is 18.8 Å². The molecule has 0 amide bonds. The minimum atomic E-state index is -4.38. The van der Waals surface area contributed by atoms with Crippen molar-refractivity contribution in [2.24, 2.45) is 0 Å². The third kappa shape index (κ3) is 2.57. The highest BCUT2D eigenvalue weighted by atomic mass is 79.9. The zero-order chi connectivity index (χ0) is 12.8. The molecule has 6 heteroatoms. The number of anilines is 1. The van der Waals surface area contributed by atoms with Crippen LogP contribution in [0.25, 0.3) is 0 Å². The molecule has 0 radical (unpaired) electrons. The van der Waals surface area contributed by atoms with E-state index in [9.17, 15) is 18.3 Å². The van der Waals surface area contributed by atoms with Crippen LogP contribution in [0, 0.1) is 0 Å². The fourth-order valence-corrected chi connectivity index (χ4v) is 2.30. The fourth-order valence-electron chi connectivity index (χ4n) is 1.95. The summed E-state index contributed by atoms with van der Waals surface area (Å²) in [5, 5.41) is 9.57. The Kier molecular flexibility index (Phi) is 2.90. The summed E-state index contributed by atoms with van der Waals surface area (Å²) in [5.41, 5.74) is -1.46. The average molecular weight is 310 g/mol. The van der Waals surface area contributed by atoms with Gasteiger partial charge in [-0.25, -0.2) is 0 Å². The number of hydrogen-bond acceptors (Lipinski definition) is 2. The average Bonchev–Trinajstić information content (AvgIpc) is 2.11. The van der Waals surface area contributed by atoms with Crippen LogP contribution in [-0.4, -0.2) is 23.8 Å². The summed E-state index contributed by atoms with van der Waals surface area (Å²) in [4.78, 5) is 1.52. The molecule has 1 aliphatic heterocycles. The predicted molar refractivity (Wildman–Crippen MR) is 62.0 cm³/mol. The summed E-state index contributed by atoms with van der Waals surface area (Å²) >= 11 is 3.16. The number of halogens is 4. The summed E-state index contributed by atoms with van der Waals surface area (Å²) in [6.07, 6.45) is -4.38. The molecule has 0 spiro atoms. The molecule has 0 unspecified atom stereocenters. The molecule has 0 aromatic heterocycles. The minimum absolute atomic E-state index is 0.110. The van der Waals surface area contributed by atoms with Crippen molar-refractivity contribution in [1.82, 2.24) is 0 Å². The van der Waals surface area contributed by atoms with Gasteiger partial charge in [0.2, 0.25) is 0 Å². The number of rotatable bonds is 1. The van der Waals surface area contributed by atoms with Crippen LogP contribution in [0.4, 0.5) is 18.9 Å². The van der Waals surface area contributed by atoms with Crippen molar-refractivity contribution >= 4 is 21.6 Å². The van der Waals surface area contributed by atoms with E-state index < -0.39 is 17.3 Å². The summed E-state index contributed by atoms with van der Waals surface area (Å²) in [7, 11) is 0. The van der Waals surface area contributed by atoms with Crippen LogP contribution >= 0.6 is 15.9 Å². The van der Waals surface area contributed by atoms with Crippen molar-refractivity contribution in [1.29, 1.82) is 0 Å². The number of hydrogen-bond donors (Lipinski definition) is 1. The Morgan fingerprint density at radius 1 is 1.35 bits per heavy atom. The lowest BCUT2D eigenvalue weighted by molar-refractivity contribution is -0.137. The maximum atomic E-state index is 12.8. The molecule has 1 N–H and O–H groups in total. The van der Waals surface area contributed by atoms with Crippen LogP contribution in [0.15, 0.2) is 22.7 Å². The van der Waals surface area contributed by atoms with E-state index in [0.29, 0.717) is 4.47 Å². The highest BCUT2D eigenvalue weighted by Gasteiger charge is 2.41.